The second kappa shape index (κ2) is 10.2. The molecule has 12 heteroatoms. The second-order valence-corrected chi connectivity index (χ2v) is 6.54. The van der Waals surface area contributed by atoms with Gasteiger partial charge >= 0.3 is 6.61 Å². The topological polar surface area (TPSA) is 119 Å². The largest absolute Gasteiger partial charge is 0.435 e. The summed E-state index contributed by atoms with van der Waals surface area (Å²) in [5.41, 5.74) is 0.0763. The van der Waals surface area contributed by atoms with Crippen LogP contribution in [0.2, 0.25) is 0 Å². The number of carbonyl (C=O) groups excluding carboxylic acids is 1. The first-order valence-electron chi connectivity index (χ1n) is 7.96. The fraction of sp³-hybridized carbons (Fsp3) is 0.176. The Bertz CT molecular complexity index is 951. The van der Waals surface area contributed by atoms with Gasteiger partial charge in [0.25, 0.3) is 11.6 Å². The third-order valence-corrected chi connectivity index (χ3v) is 4.24. The average Bonchev–Trinajstić information content (AvgIpc) is 2.67. The van der Waals surface area contributed by atoms with Gasteiger partial charge in [-0.1, -0.05) is 11.8 Å². The molecule has 2 rings (SSSR count). The van der Waals surface area contributed by atoms with Gasteiger partial charge in [-0.15, -0.1) is 5.10 Å². The Kier molecular flexibility index (Phi) is 7.71. The van der Waals surface area contributed by atoms with E-state index in [9.17, 15) is 23.7 Å². The van der Waals surface area contributed by atoms with Gasteiger partial charge in [-0.3, -0.25) is 14.9 Å². The molecule has 2 aromatic carbocycles. The van der Waals surface area contributed by atoms with E-state index >= 15 is 0 Å². The Morgan fingerprint density at radius 1 is 1.24 bits per heavy atom. The van der Waals surface area contributed by atoms with Crippen molar-refractivity contribution in [1.82, 2.24) is 0 Å². The summed E-state index contributed by atoms with van der Waals surface area (Å²) in [4.78, 5) is 23.6. The fourth-order valence-electron chi connectivity index (χ4n) is 2.10. The molecule has 0 fully saturated rings. The minimum absolute atomic E-state index is 0.0418. The van der Waals surface area contributed by atoms with Crippen molar-refractivity contribution in [2.45, 2.75) is 18.4 Å². The predicted octanol–water partition coefficient (Wildman–Crippen LogP) is 4.96. The van der Waals surface area contributed by atoms with Crippen molar-refractivity contribution in [3.05, 3.63) is 58.1 Å². The predicted molar refractivity (Wildman–Crippen MR) is 104 cm³/mol. The van der Waals surface area contributed by atoms with E-state index in [1.54, 1.807) is 6.92 Å². The molecule has 0 aliphatic heterocycles. The van der Waals surface area contributed by atoms with Crippen LogP contribution in [-0.4, -0.2) is 29.5 Å². The molecule has 29 heavy (non-hydrogen) atoms. The lowest BCUT2D eigenvalue weighted by Crippen LogP contribution is -2.13. The Morgan fingerprint density at radius 3 is 2.52 bits per heavy atom. The van der Waals surface area contributed by atoms with Crippen LogP contribution >= 0.6 is 11.8 Å². The molecule has 1 N–H and O–H groups in total. The number of alkyl halides is 2. The smallest absolute Gasteiger partial charge is 0.387 e. The minimum atomic E-state index is -2.96. The summed E-state index contributed by atoms with van der Waals surface area (Å²) in [6, 6.07) is 9.10. The van der Waals surface area contributed by atoms with Gasteiger partial charge in [0.15, 0.2) is 0 Å². The van der Waals surface area contributed by atoms with E-state index in [0.717, 1.165) is 17.8 Å². The molecular formula is C17H15F2N5O4S. The number of amides is 1. The van der Waals surface area contributed by atoms with Crippen molar-refractivity contribution in [2.24, 2.45) is 15.4 Å². The van der Waals surface area contributed by atoms with Gasteiger partial charge in [0.2, 0.25) is 0 Å². The van der Waals surface area contributed by atoms with Crippen molar-refractivity contribution < 1.29 is 23.2 Å². The van der Waals surface area contributed by atoms with Crippen LogP contribution in [0, 0.1) is 10.1 Å². The lowest BCUT2D eigenvalue weighted by atomic mass is 10.2. The van der Waals surface area contributed by atoms with Crippen molar-refractivity contribution in [2.75, 3.05) is 12.4 Å². The normalized spacial score (nSPS) is 11.7. The number of non-ortho nitro benzene ring substituents is 1. The molecule has 0 atom stereocenters. The molecule has 1 amide bonds. The molecule has 152 valence electrons. The molecular weight excluding hydrogens is 408 g/mol. The summed E-state index contributed by atoms with van der Waals surface area (Å²) in [5, 5.41) is 24.9. The third kappa shape index (κ3) is 6.60. The summed E-state index contributed by atoms with van der Waals surface area (Å²) in [7, 11) is 1.45. The van der Waals surface area contributed by atoms with Crippen molar-refractivity contribution >= 4 is 34.1 Å². The molecule has 0 aromatic heterocycles. The van der Waals surface area contributed by atoms with Crippen molar-refractivity contribution in [3.63, 3.8) is 0 Å². The van der Waals surface area contributed by atoms with Crippen LogP contribution in [0.15, 0.2) is 62.8 Å². The van der Waals surface area contributed by atoms with E-state index in [2.05, 4.69) is 25.5 Å². The number of anilines is 1. The van der Waals surface area contributed by atoms with Crippen LogP contribution in [-0.2, 0) is 0 Å². The van der Waals surface area contributed by atoms with Gasteiger partial charge in [-0.2, -0.15) is 13.9 Å². The van der Waals surface area contributed by atoms with Gasteiger partial charge in [-0.25, -0.2) is 0 Å². The lowest BCUT2D eigenvalue weighted by molar-refractivity contribution is -0.384. The maximum atomic E-state index is 12.7. The maximum Gasteiger partial charge on any atom is 0.387 e. The van der Waals surface area contributed by atoms with Crippen LogP contribution in [0.5, 0.6) is 5.75 Å². The molecule has 0 unspecified atom stereocenters. The molecule has 2 aromatic rings. The molecule has 9 nitrogen and oxygen atoms in total. The zero-order valence-corrected chi connectivity index (χ0v) is 16.0. The monoisotopic (exact) mass is 423 g/mol. The number of nitrogens with zero attached hydrogens (tertiary/aromatic N) is 4. The first-order valence-corrected chi connectivity index (χ1v) is 8.77. The number of rotatable bonds is 7. The van der Waals surface area contributed by atoms with Crippen molar-refractivity contribution in [3.8, 4) is 5.75 Å². The number of halogens is 2. The fourth-order valence-corrected chi connectivity index (χ4v) is 2.90. The first kappa shape index (κ1) is 21.9. The van der Waals surface area contributed by atoms with Crippen LogP contribution in [0.1, 0.15) is 17.3 Å². The summed E-state index contributed by atoms with van der Waals surface area (Å²) >= 11 is 1.09. The molecule has 0 bridgehead atoms. The van der Waals surface area contributed by atoms with E-state index < -0.39 is 17.4 Å². The molecule has 0 saturated carbocycles. The van der Waals surface area contributed by atoms with Crippen molar-refractivity contribution in [1.29, 1.82) is 0 Å². The van der Waals surface area contributed by atoms with Gasteiger partial charge < -0.3 is 10.1 Å². The standard InChI is InChI=1S/C17H15F2N5O4S/c1-10(22-23-20-2)29-15-8-5-12(24(26)27)9-14(15)16(25)21-11-3-6-13(7-4-11)28-17(18)19/h3-9,17H,1-2H3,(H,21,25)/b22-10+,23-20?. The number of nitrogens with one attached hydrogen (secondary N) is 1. The first-order chi connectivity index (χ1) is 13.8. The zero-order valence-electron chi connectivity index (χ0n) is 15.2. The average molecular weight is 423 g/mol. The minimum Gasteiger partial charge on any atom is -0.435 e. The number of benzene rings is 2. The molecule has 0 radical (unpaired) electrons. The van der Waals surface area contributed by atoms with Gasteiger partial charge in [0.1, 0.15) is 5.75 Å². The SMILES string of the molecule is CN=N/N=C(\C)Sc1ccc([N+](=O)[O-])cc1C(=O)Nc1ccc(OC(F)F)cc1. The van der Waals surface area contributed by atoms with Crippen LogP contribution in [0.25, 0.3) is 0 Å². The quantitative estimate of drug-likeness (QED) is 0.169. The second-order valence-electron chi connectivity index (χ2n) is 5.31. The summed E-state index contributed by atoms with van der Waals surface area (Å²) in [5.74, 6) is -0.690. The number of carbonyl (C=O) groups is 1. The lowest BCUT2D eigenvalue weighted by Gasteiger charge is -2.10. The van der Waals surface area contributed by atoms with E-state index in [4.69, 9.17) is 0 Å². The summed E-state index contributed by atoms with van der Waals surface area (Å²) in [6.07, 6.45) is 0. The number of nitro benzene ring substituents is 1. The molecule has 0 aliphatic carbocycles. The zero-order chi connectivity index (χ0) is 21.4. The number of thioether (sulfide) groups is 1. The van der Waals surface area contributed by atoms with Crippen LogP contribution < -0.4 is 10.1 Å². The molecule has 0 saturated heterocycles. The highest BCUT2D eigenvalue weighted by Gasteiger charge is 2.18. The Hall–Kier alpha value is -3.41. The van der Waals surface area contributed by atoms with E-state index in [1.807, 2.05) is 0 Å². The molecule has 0 spiro atoms. The van der Waals surface area contributed by atoms with Crippen LogP contribution in [0.3, 0.4) is 0 Å². The highest BCUT2D eigenvalue weighted by Crippen LogP contribution is 2.29. The van der Waals surface area contributed by atoms with Gasteiger partial charge in [0.05, 0.1) is 22.6 Å². The number of hydrogen-bond donors (Lipinski definition) is 1. The highest BCUT2D eigenvalue weighted by molar-refractivity contribution is 8.14. The maximum absolute atomic E-state index is 12.7. The third-order valence-electron chi connectivity index (χ3n) is 3.29. The highest BCUT2D eigenvalue weighted by atomic mass is 32.2. The number of nitro groups is 1. The Labute approximate surface area is 168 Å². The Morgan fingerprint density at radius 2 is 1.93 bits per heavy atom. The summed E-state index contributed by atoms with van der Waals surface area (Å²) < 4.78 is 28.7. The van der Waals surface area contributed by atoms with Gasteiger partial charge in [-0.05, 0) is 42.5 Å². The molecule has 0 heterocycles. The van der Waals surface area contributed by atoms with Crippen LogP contribution in [0.4, 0.5) is 20.2 Å². The van der Waals surface area contributed by atoms with E-state index in [-0.39, 0.29) is 17.0 Å². The Balaban J connectivity index is 2.28. The number of hydrogen-bond acceptors (Lipinski definition) is 7. The van der Waals surface area contributed by atoms with E-state index in [1.165, 1.54) is 43.4 Å². The molecule has 0 aliphatic rings. The number of ether oxygens (including phenoxy) is 1. The van der Waals surface area contributed by atoms with E-state index in [0.29, 0.717) is 15.6 Å². The summed E-state index contributed by atoms with van der Waals surface area (Å²) in [6.45, 7) is -1.32. The van der Waals surface area contributed by atoms with Gasteiger partial charge in [0, 0.05) is 22.7 Å².